The summed E-state index contributed by atoms with van der Waals surface area (Å²) in [6.45, 7) is 0. The Morgan fingerprint density at radius 1 is 0.585 bits per heavy atom. The van der Waals surface area contributed by atoms with Crippen molar-refractivity contribution in [2.75, 3.05) is 12.4 Å². The van der Waals surface area contributed by atoms with Gasteiger partial charge in [-0.3, -0.25) is 0 Å². The molecule has 0 aliphatic carbocycles. The smallest absolute Gasteiger partial charge is 0.449 e. The van der Waals surface area contributed by atoms with Gasteiger partial charge in [-0.15, -0.1) is 0 Å². The summed E-state index contributed by atoms with van der Waals surface area (Å²) >= 11 is 0. The van der Waals surface area contributed by atoms with Gasteiger partial charge in [0.2, 0.25) is 5.84 Å². The molecule has 0 atom stereocenters. The van der Waals surface area contributed by atoms with E-state index in [4.69, 9.17) is 9.47 Å². The Hall–Kier alpha value is -5.04. The summed E-state index contributed by atoms with van der Waals surface area (Å²) < 4.78 is 53.5. The van der Waals surface area contributed by atoms with Crippen molar-refractivity contribution < 1.29 is 22.6 Å². The minimum atomic E-state index is -4.70. The standard InChI is InChI=1S/C34H27F3N2O2/c1-40-30-21-17-28(18-22-30)38-32(34(35,36)37)39-29-19-23-31(24-20-29)41-33(25-11-5-2-6-12-25,26-13-7-3-8-14-26)27-15-9-4-10-16-27/h2-24H,1H3,(H,38,39). The molecule has 0 fully saturated rings. The first-order chi connectivity index (χ1) is 19.9. The van der Waals surface area contributed by atoms with E-state index in [2.05, 4.69) is 10.3 Å². The molecule has 0 amide bonds. The Morgan fingerprint density at radius 3 is 1.44 bits per heavy atom. The largest absolute Gasteiger partial charge is 0.497 e. The van der Waals surface area contributed by atoms with Gasteiger partial charge in [0.05, 0.1) is 12.8 Å². The Kier molecular flexibility index (Phi) is 8.06. The first kappa shape index (κ1) is 27.5. The van der Waals surface area contributed by atoms with Crippen molar-refractivity contribution in [2.24, 2.45) is 4.99 Å². The number of halogens is 3. The zero-order valence-electron chi connectivity index (χ0n) is 22.2. The van der Waals surface area contributed by atoms with Crippen molar-refractivity contribution in [1.29, 1.82) is 0 Å². The number of hydrogen-bond donors (Lipinski definition) is 1. The summed E-state index contributed by atoms with van der Waals surface area (Å²) in [5, 5.41) is 2.37. The highest BCUT2D eigenvalue weighted by Gasteiger charge is 2.39. The van der Waals surface area contributed by atoms with Gasteiger partial charge in [0.1, 0.15) is 11.5 Å². The van der Waals surface area contributed by atoms with Crippen LogP contribution in [-0.2, 0) is 5.60 Å². The zero-order valence-corrected chi connectivity index (χ0v) is 22.2. The van der Waals surface area contributed by atoms with Crippen molar-refractivity contribution in [3.8, 4) is 11.5 Å². The molecule has 206 valence electrons. The Labute approximate surface area is 236 Å². The second-order valence-corrected chi connectivity index (χ2v) is 9.19. The van der Waals surface area contributed by atoms with Gasteiger partial charge in [-0.05, 0) is 48.5 Å². The molecule has 1 N–H and O–H groups in total. The molecule has 4 nitrogen and oxygen atoms in total. The van der Waals surface area contributed by atoms with E-state index in [1.54, 1.807) is 24.3 Å². The predicted octanol–water partition coefficient (Wildman–Crippen LogP) is 8.77. The average Bonchev–Trinajstić information content (AvgIpc) is 3.01. The molecule has 41 heavy (non-hydrogen) atoms. The highest BCUT2D eigenvalue weighted by atomic mass is 19.4. The maximum Gasteiger partial charge on any atom is 0.449 e. The monoisotopic (exact) mass is 552 g/mol. The van der Waals surface area contributed by atoms with Crippen LogP contribution in [0.25, 0.3) is 0 Å². The fraction of sp³-hybridized carbons (Fsp3) is 0.0882. The topological polar surface area (TPSA) is 42.8 Å². The Bertz CT molecular complexity index is 1470. The molecular formula is C34H27F3N2O2. The molecule has 0 unspecified atom stereocenters. The number of hydrogen-bond acceptors (Lipinski definition) is 3. The van der Waals surface area contributed by atoms with Crippen LogP contribution in [0.2, 0.25) is 0 Å². The molecule has 0 radical (unpaired) electrons. The van der Waals surface area contributed by atoms with E-state index in [0.717, 1.165) is 16.7 Å². The van der Waals surface area contributed by atoms with Crippen LogP contribution in [0.5, 0.6) is 11.5 Å². The summed E-state index contributed by atoms with van der Waals surface area (Å²) in [6.07, 6.45) is -4.70. The predicted molar refractivity (Wildman–Crippen MR) is 156 cm³/mol. The second-order valence-electron chi connectivity index (χ2n) is 9.19. The number of anilines is 1. The third-order valence-corrected chi connectivity index (χ3v) is 6.51. The molecule has 0 aliphatic heterocycles. The van der Waals surface area contributed by atoms with Crippen LogP contribution >= 0.6 is 0 Å². The third kappa shape index (κ3) is 6.25. The van der Waals surface area contributed by atoms with E-state index in [1.807, 2.05) is 91.0 Å². The molecule has 5 rings (SSSR count). The molecule has 7 heteroatoms. The molecule has 5 aromatic rings. The number of aliphatic imine (C=N–C) groups is 1. The number of nitrogens with one attached hydrogen (secondary N) is 1. The summed E-state index contributed by atoms with van der Waals surface area (Å²) in [5.41, 5.74) is 2.06. The summed E-state index contributed by atoms with van der Waals surface area (Å²) in [4.78, 5) is 3.87. The Morgan fingerprint density at radius 2 is 1.02 bits per heavy atom. The summed E-state index contributed by atoms with van der Waals surface area (Å²) in [6, 6.07) is 41.9. The lowest BCUT2D eigenvalue weighted by molar-refractivity contribution is -0.0586. The number of methoxy groups -OCH3 is 1. The maximum absolute atomic E-state index is 13.9. The minimum Gasteiger partial charge on any atom is -0.497 e. The van der Waals surface area contributed by atoms with E-state index in [0.29, 0.717) is 11.5 Å². The van der Waals surface area contributed by atoms with Crippen molar-refractivity contribution in [2.45, 2.75) is 11.8 Å². The average molecular weight is 553 g/mol. The lowest BCUT2D eigenvalue weighted by Gasteiger charge is -2.36. The lowest BCUT2D eigenvalue weighted by Crippen LogP contribution is -2.36. The van der Waals surface area contributed by atoms with Crippen molar-refractivity contribution in [1.82, 2.24) is 0 Å². The van der Waals surface area contributed by atoms with Crippen molar-refractivity contribution in [3.05, 3.63) is 156 Å². The normalized spacial score (nSPS) is 12.0. The summed E-state index contributed by atoms with van der Waals surface area (Å²) in [5.74, 6) is -0.130. The van der Waals surface area contributed by atoms with E-state index in [-0.39, 0.29) is 11.4 Å². The van der Waals surface area contributed by atoms with Gasteiger partial charge in [0.25, 0.3) is 0 Å². The number of nitrogens with zero attached hydrogens (tertiary/aromatic N) is 1. The van der Waals surface area contributed by atoms with Gasteiger partial charge in [-0.2, -0.15) is 13.2 Å². The van der Waals surface area contributed by atoms with Gasteiger partial charge in [0.15, 0.2) is 5.60 Å². The highest BCUT2D eigenvalue weighted by Crippen LogP contribution is 2.41. The first-order valence-electron chi connectivity index (χ1n) is 12.9. The van der Waals surface area contributed by atoms with Gasteiger partial charge < -0.3 is 14.8 Å². The van der Waals surface area contributed by atoms with Crippen molar-refractivity contribution in [3.63, 3.8) is 0 Å². The molecular weight excluding hydrogens is 525 g/mol. The quantitative estimate of drug-likeness (QED) is 0.119. The number of alkyl halides is 3. The van der Waals surface area contributed by atoms with E-state index >= 15 is 0 Å². The van der Waals surface area contributed by atoms with Gasteiger partial charge in [-0.25, -0.2) is 4.99 Å². The second kappa shape index (κ2) is 12.0. The van der Waals surface area contributed by atoms with E-state index in [1.165, 1.54) is 31.4 Å². The number of rotatable bonds is 8. The molecule has 0 bridgehead atoms. The SMILES string of the molecule is COc1ccc(NC(=Nc2ccc(OC(c3ccccc3)(c3ccccc3)c3ccccc3)cc2)C(F)(F)F)cc1. The third-order valence-electron chi connectivity index (χ3n) is 6.51. The lowest BCUT2D eigenvalue weighted by atomic mass is 9.80. The number of amidine groups is 1. The molecule has 0 spiro atoms. The number of benzene rings is 5. The van der Waals surface area contributed by atoms with Crippen LogP contribution in [0, 0.1) is 0 Å². The minimum absolute atomic E-state index is 0.121. The fourth-order valence-corrected chi connectivity index (χ4v) is 4.56. The van der Waals surface area contributed by atoms with Crippen LogP contribution in [0.1, 0.15) is 16.7 Å². The molecule has 5 aromatic carbocycles. The van der Waals surface area contributed by atoms with Crippen LogP contribution in [0.4, 0.5) is 24.5 Å². The Balaban J connectivity index is 1.52. The van der Waals surface area contributed by atoms with Crippen LogP contribution in [0.15, 0.2) is 145 Å². The fourth-order valence-electron chi connectivity index (χ4n) is 4.56. The highest BCUT2D eigenvalue weighted by molar-refractivity contribution is 6.01. The van der Waals surface area contributed by atoms with E-state index < -0.39 is 17.6 Å². The maximum atomic E-state index is 13.9. The number of ether oxygens (including phenoxy) is 2. The summed E-state index contributed by atoms with van der Waals surface area (Å²) in [7, 11) is 1.49. The van der Waals surface area contributed by atoms with Crippen LogP contribution in [-0.4, -0.2) is 19.1 Å². The van der Waals surface area contributed by atoms with Crippen LogP contribution in [0.3, 0.4) is 0 Å². The zero-order chi connectivity index (χ0) is 28.7. The molecule has 0 aromatic heterocycles. The molecule has 0 heterocycles. The molecule has 0 saturated carbocycles. The van der Waals surface area contributed by atoms with Gasteiger partial charge >= 0.3 is 6.18 Å². The van der Waals surface area contributed by atoms with Crippen molar-refractivity contribution >= 4 is 17.2 Å². The molecule has 0 saturated heterocycles. The first-order valence-corrected chi connectivity index (χ1v) is 12.9. The van der Waals surface area contributed by atoms with Gasteiger partial charge in [-0.1, -0.05) is 91.0 Å². The molecule has 0 aliphatic rings. The van der Waals surface area contributed by atoms with Crippen LogP contribution < -0.4 is 14.8 Å². The van der Waals surface area contributed by atoms with E-state index in [9.17, 15) is 13.2 Å². The van der Waals surface area contributed by atoms with Gasteiger partial charge in [0, 0.05) is 22.4 Å².